The molecular weight excluding hydrogens is 416 g/mol. The lowest BCUT2D eigenvalue weighted by molar-refractivity contribution is -0.129. The summed E-state index contributed by atoms with van der Waals surface area (Å²) in [4.78, 5) is 18.3. The number of piperidine rings is 1. The van der Waals surface area contributed by atoms with Gasteiger partial charge in [-0.15, -0.1) is 0 Å². The van der Waals surface area contributed by atoms with E-state index in [1.54, 1.807) is 17.3 Å². The van der Waals surface area contributed by atoms with Gasteiger partial charge < -0.3 is 9.42 Å². The van der Waals surface area contributed by atoms with Gasteiger partial charge in [0.1, 0.15) is 0 Å². The van der Waals surface area contributed by atoms with E-state index in [0.717, 1.165) is 45.2 Å². The van der Waals surface area contributed by atoms with Crippen LogP contribution >= 0.6 is 0 Å². The van der Waals surface area contributed by atoms with E-state index in [-0.39, 0.29) is 17.7 Å². The number of sulfonamides is 1. The molecule has 9 heteroatoms. The second-order valence-corrected chi connectivity index (χ2v) is 10.9. The van der Waals surface area contributed by atoms with Gasteiger partial charge in [0.15, 0.2) is 5.82 Å². The molecule has 0 spiro atoms. The molecule has 2 aliphatic heterocycles. The highest BCUT2D eigenvalue weighted by molar-refractivity contribution is 7.89. The quantitative estimate of drug-likeness (QED) is 0.701. The average Bonchev–Trinajstić information content (AvgIpc) is 3.39. The summed E-state index contributed by atoms with van der Waals surface area (Å²) in [7, 11) is -3.44. The minimum absolute atomic E-state index is 0.108. The molecule has 2 aromatic rings. The lowest BCUT2D eigenvalue weighted by Crippen LogP contribution is -2.50. The Labute approximate surface area is 182 Å². The summed E-state index contributed by atoms with van der Waals surface area (Å²) in [5.41, 5.74) is 2.45. The van der Waals surface area contributed by atoms with Crippen LogP contribution in [0, 0.1) is 5.92 Å². The van der Waals surface area contributed by atoms with E-state index in [2.05, 4.69) is 10.1 Å². The molecule has 8 nitrogen and oxygen atoms in total. The third-order valence-electron chi connectivity index (χ3n) is 6.88. The normalized spacial score (nSPS) is 20.6. The Kier molecular flexibility index (Phi) is 5.34. The van der Waals surface area contributed by atoms with Gasteiger partial charge in [-0.25, -0.2) is 8.42 Å². The maximum atomic E-state index is 12.9. The monoisotopic (exact) mass is 444 g/mol. The first-order chi connectivity index (χ1) is 14.9. The first-order valence-electron chi connectivity index (χ1n) is 11.1. The molecule has 2 fully saturated rings. The Hall–Kier alpha value is -2.26. The van der Waals surface area contributed by atoms with Crippen molar-refractivity contribution in [3.8, 4) is 0 Å². The van der Waals surface area contributed by atoms with Gasteiger partial charge in [0.25, 0.3) is 0 Å². The number of amides is 1. The predicted molar refractivity (Wildman–Crippen MR) is 113 cm³/mol. The number of fused-ring (bicyclic) bond motifs is 1. The number of carbonyl (C=O) groups excluding carboxylic acids is 1. The van der Waals surface area contributed by atoms with Crippen LogP contribution in [0.1, 0.15) is 54.9 Å². The molecule has 1 aromatic carbocycles. The highest BCUT2D eigenvalue weighted by atomic mass is 32.2. The van der Waals surface area contributed by atoms with Crippen molar-refractivity contribution in [1.82, 2.24) is 19.3 Å². The summed E-state index contributed by atoms with van der Waals surface area (Å²) in [5, 5.41) is 4.15. The van der Waals surface area contributed by atoms with Crippen LogP contribution in [0.5, 0.6) is 0 Å². The lowest BCUT2D eigenvalue weighted by atomic mass is 9.96. The molecule has 2 saturated heterocycles. The van der Waals surface area contributed by atoms with E-state index in [1.807, 2.05) is 17.0 Å². The van der Waals surface area contributed by atoms with Crippen LogP contribution in [0.15, 0.2) is 27.6 Å². The Morgan fingerprint density at radius 3 is 2.65 bits per heavy atom. The molecule has 31 heavy (non-hydrogen) atoms. The second-order valence-electron chi connectivity index (χ2n) is 9.00. The van der Waals surface area contributed by atoms with Crippen molar-refractivity contribution >= 4 is 15.9 Å². The zero-order chi connectivity index (χ0) is 21.6. The van der Waals surface area contributed by atoms with Crippen molar-refractivity contribution in [1.29, 1.82) is 0 Å². The number of benzene rings is 1. The summed E-state index contributed by atoms with van der Waals surface area (Å²) in [6.07, 6.45) is 5.39. The molecule has 3 heterocycles. The van der Waals surface area contributed by atoms with Crippen molar-refractivity contribution in [3.05, 3.63) is 41.0 Å². The Morgan fingerprint density at radius 2 is 1.90 bits per heavy atom. The highest BCUT2D eigenvalue weighted by Gasteiger charge is 2.38. The number of hydrogen-bond acceptors (Lipinski definition) is 6. The summed E-state index contributed by atoms with van der Waals surface area (Å²) < 4.78 is 32.9. The van der Waals surface area contributed by atoms with E-state index in [1.165, 1.54) is 11.1 Å². The molecule has 5 rings (SSSR count). The van der Waals surface area contributed by atoms with E-state index in [0.29, 0.717) is 36.1 Å². The molecule has 1 aromatic heterocycles. The number of nitrogens with zero attached hydrogens (tertiary/aromatic N) is 4. The molecule has 0 radical (unpaired) electrons. The zero-order valence-corrected chi connectivity index (χ0v) is 18.6. The molecule has 0 bridgehead atoms. The van der Waals surface area contributed by atoms with E-state index < -0.39 is 10.0 Å². The van der Waals surface area contributed by atoms with Gasteiger partial charge in [0, 0.05) is 45.4 Å². The number of aryl methyl sites for hydroxylation is 2. The first-order valence-corrected chi connectivity index (χ1v) is 12.5. The van der Waals surface area contributed by atoms with Gasteiger partial charge in [-0.3, -0.25) is 4.79 Å². The van der Waals surface area contributed by atoms with Gasteiger partial charge in [0.05, 0.1) is 4.90 Å². The highest BCUT2D eigenvalue weighted by Crippen LogP contribution is 2.31. The van der Waals surface area contributed by atoms with E-state index in [4.69, 9.17) is 4.52 Å². The lowest BCUT2D eigenvalue weighted by Gasteiger charge is -2.37. The largest absolute Gasteiger partial charge is 0.343 e. The Balaban J connectivity index is 1.16. The number of likely N-dealkylation sites (tertiary alicyclic amines) is 1. The topological polar surface area (TPSA) is 96.6 Å². The van der Waals surface area contributed by atoms with Crippen LogP contribution < -0.4 is 0 Å². The second kappa shape index (κ2) is 8.02. The fraction of sp³-hybridized carbons (Fsp3) is 0.591. The van der Waals surface area contributed by atoms with E-state index in [9.17, 15) is 13.2 Å². The Morgan fingerprint density at radius 1 is 1.16 bits per heavy atom. The number of carbonyl (C=O) groups is 1. The van der Waals surface area contributed by atoms with Crippen molar-refractivity contribution < 1.29 is 17.7 Å². The van der Waals surface area contributed by atoms with Crippen molar-refractivity contribution in [2.45, 2.75) is 56.3 Å². The van der Waals surface area contributed by atoms with Crippen LogP contribution in [-0.2, 0) is 34.1 Å². The van der Waals surface area contributed by atoms with Crippen LogP contribution in [0.2, 0.25) is 0 Å². The molecular formula is C22H28N4O4S. The van der Waals surface area contributed by atoms with Gasteiger partial charge in [-0.05, 0) is 61.3 Å². The summed E-state index contributed by atoms with van der Waals surface area (Å²) >= 11 is 0. The number of rotatable bonds is 5. The van der Waals surface area contributed by atoms with Crippen molar-refractivity contribution in [2.24, 2.45) is 5.92 Å². The minimum atomic E-state index is -3.44. The van der Waals surface area contributed by atoms with Gasteiger partial charge in [-0.2, -0.15) is 9.29 Å². The van der Waals surface area contributed by atoms with Crippen molar-refractivity contribution in [3.63, 3.8) is 0 Å². The number of aromatic nitrogens is 2. The first kappa shape index (κ1) is 20.6. The van der Waals surface area contributed by atoms with Crippen LogP contribution in [0.25, 0.3) is 0 Å². The third kappa shape index (κ3) is 4.01. The average molecular weight is 445 g/mol. The van der Waals surface area contributed by atoms with Crippen LogP contribution in [-0.4, -0.2) is 59.8 Å². The molecule has 3 aliphatic rings. The molecule has 0 unspecified atom stereocenters. The molecule has 1 aliphatic carbocycles. The standard InChI is InChI=1S/C22H28N4O4S/c1-15(27)25-9-7-18(8-10-25)22-23-21(30-24-22)11-16-13-26(14-16)31(28,29)20-6-5-17-3-2-4-19(17)12-20/h5-6,12,16,18H,2-4,7-11,13-14H2,1H3. The summed E-state index contributed by atoms with van der Waals surface area (Å²) in [6.45, 7) is 4.01. The number of hydrogen-bond donors (Lipinski definition) is 0. The maximum Gasteiger partial charge on any atom is 0.243 e. The predicted octanol–water partition coefficient (Wildman–Crippen LogP) is 2.15. The van der Waals surface area contributed by atoms with Crippen LogP contribution in [0.4, 0.5) is 0 Å². The molecule has 0 N–H and O–H groups in total. The SMILES string of the molecule is CC(=O)N1CCC(c2noc(CC3CN(S(=O)(=O)c4ccc5c(c4)CCC5)C3)n2)CC1. The fourth-order valence-electron chi connectivity index (χ4n) is 4.92. The van der Waals surface area contributed by atoms with E-state index >= 15 is 0 Å². The molecule has 0 saturated carbocycles. The van der Waals surface area contributed by atoms with Gasteiger partial charge in [-0.1, -0.05) is 11.2 Å². The zero-order valence-electron chi connectivity index (χ0n) is 17.8. The molecule has 166 valence electrons. The van der Waals surface area contributed by atoms with Crippen molar-refractivity contribution in [2.75, 3.05) is 26.2 Å². The minimum Gasteiger partial charge on any atom is -0.343 e. The summed E-state index contributed by atoms with van der Waals surface area (Å²) in [5.74, 6) is 1.79. The van der Waals surface area contributed by atoms with Gasteiger partial charge >= 0.3 is 0 Å². The molecule has 1 amide bonds. The van der Waals surface area contributed by atoms with Crippen LogP contribution in [0.3, 0.4) is 0 Å². The molecule has 0 atom stereocenters. The smallest absolute Gasteiger partial charge is 0.243 e. The fourth-order valence-corrected chi connectivity index (χ4v) is 6.57. The van der Waals surface area contributed by atoms with Gasteiger partial charge in [0.2, 0.25) is 21.8 Å². The third-order valence-corrected chi connectivity index (χ3v) is 8.71. The Bertz CT molecular complexity index is 1080. The summed E-state index contributed by atoms with van der Waals surface area (Å²) in [6, 6.07) is 5.56. The maximum absolute atomic E-state index is 12.9.